The van der Waals surface area contributed by atoms with Crippen LogP contribution in [0.25, 0.3) is 11.3 Å². The Morgan fingerprint density at radius 2 is 2.06 bits per heavy atom. The number of aliphatic hydroxyl groups excluding tert-OH is 1. The number of hydrogen-bond donors (Lipinski definition) is 3. The van der Waals surface area contributed by atoms with Gasteiger partial charge in [0.15, 0.2) is 0 Å². The zero-order valence-electron chi connectivity index (χ0n) is 17.8. The number of amides is 1. The van der Waals surface area contributed by atoms with Crippen molar-refractivity contribution in [2.24, 2.45) is 4.36 Å². The number of carbonyl (C=O) groups excluding carboxylic acids is 1. The number of aromatic nitrogens is 3. The summed E-state index contributed by atoms with van der Waals surface area (Å²) in [6, 6.07) is 6.41. The molecular formula is C20H24N6O4S2. The first kappa shape index (κ1) is 23.6. The van der Waals surface area contributed by atoms with E-state index in [2.05, 4.69) is 29.9 Å². The van der Waals surface area contributed by atoms with Gasteiger partial charge < -0.3 is 20.5 Å². The van der Waals surface area contributed by atoms with Crippen LogP contribution < -0.4 is 10.6 Å². The number of nitrogens with one attached hydrogen (secondary N) is 2. The molecule has 0 bridgehead atoms. The van der Waals surface area contributed by atoms with E-state index in [9.17, 15) is 14.1 Å². The molecule has 0 fully saturated rings. The lowest BCUT2D eigenvalue weighted by molar-refractivity contribution is 0.164. The number of hydrogen-bond acceptors (Lipinski definition) is 10. The summed E-state index contributed by atoms with van der Waals surface area (Å²) < 4.78 is 21.1. The van der Waals surface area contributed by atoms with E-state index >= 15 is 0 Å². The van der Waals surface area contributed by atoms with Crippen LogP contribution in [0.15, 0.2) is 50.6 Å². The molecule has 0 aliphatic carbocycles. The lowest BCUT2D eigenvalue weighted by atomic mass is 10.2. The minimum absolute atomic E-state index is 0.0577. The molecule has 1 amide bonds. The predicted octanol–water partition coefficient (Wildman–Crippen LogP) is 3.75. The fraction of sp³-hybridized carbons (Fsp3) is 0.300. The van der Waals surface area contributed by atoms with E-state index in [-0.39, 0.29) is 19.3 Å². The topological polar surface area (TPSA) is 139 Å². The number of benzene rings is 1. The summed E-state index contributed by atoms with van der Waals surface area (Å²) in [6.07, 6.45) is 2.18. The lowest BCUT2D eigenvalue weighted by Crippen LogP contribution is -2.21. The molecule has 0 aliphatic rings. The largest absolute Gasteiger partial charge is 0.448 e. The fourth-order valence-electron chi connectivity index (χ4n) is 2.63. The number of thiazole rings is 1. The number of ether oxygens (including phenoxy) is 1. The summed E-state index contributed by atoms with van der Waals surface area (Å²) in [5, 5.41) is 17.5. The van der Waals surface area contributed by atoms with Crippen molar-refractivity contribution in [2.75, 3.05) is 30.1 Å². The van der Waals surface area contributed by atoms with Crippen LogP contribution in [-0.2, 0) is 14.5 Å². The van der Waals surface area contributed by atoms with Gasteiger partial charge in [-0.3, -0.25) is 0 Å². The first-order chi connectivity index (χ1) is 15.3. The van der Waals surface area contributed by atoms with E-state index in [1.165, 1.54) is 17.6 Å². The van der Waals surface area contributed by atoms with Crippen LogP contribution in [0.1, 0.15) is 13.8 Å². The summed E-state index contributed by atoms with van der Waals surface area (Å²) >= 11 is 1.46. The maximum atomic E-state index is 12.7. The third kappa shape index (κ3) is 5.99. The molecule has 2 aromatic heterocycles. The van der Waals surface area contributed by atoms with Gasteiger partial charge in [0.05, 0.1) is 39.7 Å². The van der Waals surface area contributed by atoms with Gasteiger partial charge in [-0.25, -0.2) is 19.0 Å². The smallest absolute Gasteiger partial charge is 0.442 e. The molecule has 10 nitrogen and oxygen atoms in total. The fourth-order valence-corrected chi connectivity index (χ4v) is 4.26. The molecule has 0 spiro atoms. The molecule has 170 valence electrons. The van der Waals surface area contributed by atoms with E-state index in [1.54, 1.807) is 42.9 Å². The average molecular weight is 477 g/mol. The Balaban J connectivity index is 1.83. The normalized spacial score (nSPS) is 13.6. The third-order valence-electron chi connectivity index (χ3n) is 4.22. The quantitative estimate of drug-likeness (QED) is 0.443. The zero-order chi connectivity index (χ0) is 23.1. The molecule has 1 aromatic carbocycles. The standard InChI is InChI=1S/C20H24N6O4S2/c1-4-30-20(28)26-32(3,29)15-7-5-14(6-8-15)24-19-21-9-16(17-11-31-12-22-17)18(25-19)23-13(2)10-27/h5-9,11-13,27H,4,10H2,1-3H3,(H2,21,23,24,25)/t13-,32?/m1/s1. The Morgan fingerprint density at radius 1 is 1.31 bits per heavy atom. The maximum absolute atomic E-state index is 12.7. The van der Waals surface area contributed by atoms with Crippen molar-refractivity contribution < 1.29 is 18.8 Å². The SMILES string of the molecule is CCOC(=O)N=S(C)(=O)c1ccc(Nc2ncc(-c3cscn3)c(N[C@H](C)CO)n2)cc1. The van der Waals surface area contributed by atoms with Gasteiger partial charge in [0.25, 0.3) is 0 Å². The summed E-state index contributed by atoms with van der Waals surface area (Å²) in [5.74, 6) is 0.870. The molecule has 2 atom stereocenters. The number of carbonyl (C=O) groups is 1. The van der Waals surface area contributed by atoms with Crippen molar-refractivity contribution in [1.82, 2.24) is 15.0 Å². The molecule has 2 heterocycles. The number of aliphatic hydroxyl groups is 1. The van der Waals surface area contributed by atoms with Gasteiger partial charge in [-0.15, -0.1) is 15.7 Å². The molecule has 1 unspecified atom stereocenters. The van der Waals surface area contributed by atoms with Crippen molar-refractivity contribution in [3.8, 4) is 11.3 Å². The minimum Gasteiger partial charge on any atom is -0.448 e. The molecule has 0 saturated carbocycles. The second-order valence-electron chi connectivity index (χ2n) is 6.80. The van der Waals surface area contributed by atoms with Gasteiger partial charge in [0, 0.05) is 34.5 Å². The molecule has 32 heavy (non-hydrogen) atoms. The van der Waals surface area contributed by atoms with Crippen molar-refractivity contribution in [1.29, 1.82) is 0 Å². The Bertz CT molecular complexity index is 1180. The molecule has 0 saturated heterocycles. The van der Waals surface area contributed by atoms with Gasteiger partial charge in [-0.2, -0.15) is 4.98 Å². The number of nitrogens with zero attached hydrogens (tertiary/aromatic N) is 4. The Labute approximate surface area is 190 Å². The average Bonchev–Trinajstić information content (AvgIpc) is 3.28. The highest BCUT2D eigenvalue weighted by molar-refractivity contribution is 7.93. The zero-order valence-corrected chi connectivity index (χ0v) is 19.4. The van der Waals surface area contributed by atoms with E-state index in [4.69, 9.17) is 4.74 Å². The van der Waals surface area contributed by atoms with Gasteiger partial charge >= 0.3 is 6.09 Å². The first-order valence-corrected chi connectivity index (χ1v) is 12.6. The number of anilines is 3. The van der Waals surface area contributed by atoms with E-state index in [0.29, 0.717) is 22.3 Å². The molecule has 3 aromatic rings. The van der Waals surface area contributed by atoms with Crippen molar-refractivity contribution in [3.63, 3.8) is 0 Å². The van der Waals surface area contributed by atoms with Crippen LogP contribution >= 0.6 is 11.3 Å². The molecule has 0 aliphatic heterocycles. The second-order valence-corrected chi connectivity index (χ2v) is 9.78. The lowest BCUT2D eigenvalue weighted by Gasteiger charge is -2.15. The van der Waals surface area contributed by atoms with Gasteiger partial charge in [0.2, 0.25) is 5.95 Å². The van der Waals surface area contributed by atoms with E-state index in [0.717, 1.165) is 11.3 Å². The Morgan fingerprint density at radius 3 is 2.69 bits per heavy atom. The molecule has 3 N–H and O–H groups in total. The highest BCUT2D eigenvalue weighted by Crippen LogP contribution is 2.28. The summed E-state index contributed by atoms with van der Waals surface area (Å²) in [7, 11) is -2.92. The van der Waals surface area contributed by atoms with Gasteiger partial charge in [0.1, 0.15) is 5.82 Å². The first-order valence-electron chi connectivity index (χ1n) is 9.71. The van der Waals surface area contributed by atoms with Gasteiger partial charge in [-0.1, -0.05) is 0 Å². The van der Waals surface area contributed by atoms with Crippen LogP contribution in [0.3, 0.4) is 0 Å². The van der Waals surface area contributed by atoms with Crippen LogP contribution in [0.2, 0.25) is 0 Å². The Hall–Kier alpha value is -3.09. The van der Waals surface area contributed by atoms with Crippen molar-refractivity contribution >= 4 is 44.6 Å². The predicted molar refractivity (Wildman–Crippen MR) is 125 cm³/mol. The van der Waals surface area contributed by atoms with Crippen LogP contribution in [0.4, 0.5) is 22.2 Å². The van der Waals surface area contributed by atoms with E-state index in [1.807, 2.05) is 12.3 Å². The molecule has 3 rings (SSSR count). The second kappa shape index (κ2) is 10.5. The van der Waals surface area contributed by atoms with Gasteiger partial charge in [-0.05, 0) is 38.1 Å². The van der Waals surface area contributed by atoms with Crippen LogP contribution in [0, 0.1) is 0 Å². The molecule has 12 heteroatoms. The minimum atomic E-state index is -2.92. The summed E-state index contributed by atoms with van der Waals surface area (Å²) in [6.45, 7) is 3.60. The highest BCUT2D eigenvalue weighted by atomic mass is 32.2. The van der Waals surface area contributed by atoms with Crippen LogP contribution in [-0.4, -0.2) is 55.9 Å². The number of rotatable bonds is 8. The Kier molecular flexibility index (Phi) is 7.72. The van der Waals surface area contributed by atoms with E-state index < -0.39 is 15.8 Å². The summed E-state index contributed by atoms with van der Waals surface area (Å²) in [5.41, 5.74) is 3.84. The van der Waals surface area contributed by atoms with Crippen molar-refractivity contribution in [2.45, 2.75) is 24.8 Å². The van der Waals surface area contributed by atoms with Crippen LogP contribution in [0.5, 0.6) is 0 Å². The maximum Gasteiger partial charge on any atom is 0.442 e. The third-order valence-corrected chi connectivity index (χ3v) is 6.45. The van der Waals surface area contributed by atoms with Crippen molar-refractivity contribution in [3.05, 3.63) is 41.4 Å². The highest BCUT2D eigenvalue weighted by Gasteiger charge is 2.14. The summed E-state index contributed by atoms with van der Waals surface area (Å²) in [4.78, 5) is 25.1. The monoisotopic (exact) mass is 476 g/mol. The molecule has 0 radical (unpaired) electrons. The molecular weight excluding hydrogens is 452 g/mol.